The van der Waals surface area contributed by atoms with Crippen molar-refractivity contribution in [3.05, 3.63) is 54.1 Å². The summed E-state index contributed by atoms with van der Waals surface area (Å²) < 4.78 is 56.9. The first-order valence-corrected chi connectivity index (χ1v) is 10.0. The second-order valence-electron chi connectivity index (χ2n) is 5.48. The molecule has 0 atom stereocenters. The SMILES string of the molecule is Cc1ccc(S(=O)(=O)Oc2ccc(S(=O)(=O)/N=C/N(C)C)cc2)cc1. The highest BCUT2D eigenvalue weighted by molar-refractivity contribution is 7.90. The number of sulfonamides is 1. The molecule has 25 heavy (non-hydrogen) atoms. The highest BCUT2D eigenvalue weighted by atomic mass is 32.2. The molecule has 0 fully saturated rings. The Balaban J connectivity index is 2.22. The van der Waals surface area contributed by atoms with Crippen molar-refractivity contribution in [3.63, 3.8) is 0 Å². The van der Waals surface area contributed by atoms with Gasteiger partial charge >= 0.3 is 10.1 Å². The van der Waals surface area contributed by atoms with Gasteiger partial charge in [-0.3, -0.25) is 0 Å². The Morgan fingerprint density at radius 2 is 1.40 bits per heavy atom. The minimum atomic E-state index is -3.99. The third-order valence-electron chi connectivity index (χ3n) is 3.05. The minimum Gasteiger partial charge on any atom is -0.379 e. The Bertz CT molecular complexity index is 962. The van der Waals surface area contributed by atoms with Crippen molar-refractivity contribution in [3.8, 4) is 5.75 Å². The Kier molecular flexibility index (Phi) is 5.48. The molecule has 9 heteroatoms. The summed E-state index contributed by atoms with van der Waals surface area (Å²) in [6.07, 6.45) is 1.17. The minimum absolute atomic E-state index is 0.0103. The molecule has 2 aromatic rings. The number of hydrogen-bond donors (Lipinski definition) is 0. The van der Waals surface area contributed by atoms with E-state index in [2.05, 4.69) is 4.40 Å². The molecule has 0 heterocycles. The standard InChI is InChI=1S/C16H18N2O5S2/c1-13-4-8-16(9-5-13)25(21,22)23-14-6-10-15(11-7-14)24(19,20)17-12-18(2)3/h4-12H,1-3H3/b17-12+. The van der Waals surface area contributed by atoms with Crippen LogP contribution in [0.2, 0.25) is 0 Å². The molecular weight excluding hydrogens is 364 g/mol. The van der Waals surface area contributed by atoms with E-state index in [4.69, 9.17) is 4.18 Å². The lowest BCUT2D eigenvalue weighted by molar-refractivity contribution is 0.486. The molecule has 0 saturated carbocycles. The highest BCUT2D eigenvalue weighted by Gasteiger charge is 2.17. The molecule has 7 nitrogen and oxygen atoms in total. The van der Waals surface area contributed by atoms with Gasteiger partial charge in [-0.1, -0.05) is 17.7 Å². The first-order chi connectivity index (χ1) is 11.6. The molecular formula is C16H18N2O5S2. The topological polar surface area (TPSA) is 93.1 Å². The second kappa shape index (κ2) is 7.24. The number of nitrogens with zero attached hydrogens (tertiary/aromatic N) is 2. The van der Waals surface area contributed by atoms with Crippen LogP contribution in [0.5, 0.6) is 5.75 Å². The largest absolute Gasteiger partial charge is 0.379 e. The number of aryl methyl sites for hydroxylation is 1. The van der Waals surface area contributed by atoms with Gasteiger partial charge in [0.05, 0.1) is 4.90 Å². The third-order valence-corrected chi connectivity index (χ3v) is 5.56. The number of rotatable bonds is 6. The average molecular weight is 382 g/mol. The molecule has 0 aliphatic carbocycles. The molecule has 0 N–H and O–H groups in total. The molecule has 2 aromatic carbocycles. The van der Waals surface area contributed by atoms with Gasteiger partial charge in [-0.2, -0.15) is 16.8 Å². The van der Waals surface area contributed by atoms with E-state index >= 15 is 0 Å². The second-order valence-corrected chi connectivity index (χ2v) is 8.66. The van der Waals surface area contributed by atoms with Crippen LogP contribution in [0.1, 0.15) is 5.56 Å². The Hall–Kier alpha value is -2.39. The molecule has 0 unspecified atom stereocenters. The van der Waals surface area contributed by atoms with Crippen LogP contribution < -0.4 is 4.18 Å². The van der Waals surface area contributed by atoms with Gasteiger partial charge in [-0.25, -0.2) is 0 Å². The van der Waals surface area contributed by atoms with E-state index in [1.807, 2.05) is 6.92 Å². The summed E-state index contributed by atoms with van der Waals surface area (Å²) >= 11 is 0. The van der Waals surface area contributed by atoms with E-state index in [-0.39, 0.29) is 15.5 Å². The van der Waals surface area contributed by atoms with Crippen LogP contribution >= 0.6 is 0 Å². The molecule has 0 radical (unpaired) electrons. The van der Waals surface area contributed by atoms with Crippen LogP contribution in [0.4, 0.5) is 0 Å². The van der Waals surface area contributed by atoms with Crippen LogP contribution in [-0.2, 0) is 20.1 Å². The Morgan fingerprint density at radius 1 is 0.880 bits per heavy atom. The van der Waals surface area contributed by atoms with Gasteiger partial charge < -0.3 is 9.08 Å². The summed E-state index contributed by atoms with van der Waals surface area (Å²) in [5.41, 5.74) is 0.923. The van der Waals surface area contributed by atoms with Crippen LogP contribution in [0.25, 0.3) is 0 Å². The summed E-state index contributed by atoms with van der Waals surface area (Å²) in [4.78, 5) is 1.44. The molecule has 2 rings (SSSR count). The van der Waals surface area contributed by atoms with Gasteiger partial charge in [0.1, 0.15) is 17.0 Å². The molecule has 0 amide bonds. The lowest BCUT2D eigenvalue weighted by atomic mass is 10.2. The predicted octanol–water partition coefficient (Wildman–Crippen LogP) is 2.04. The highest BCUT2D eigenvalue weighted by Crippen LogP contribution is 2.22. The van der Waals surface area contributed by atoms with E-state index in [9.17, 15) is 16.8 Å². The van der Waals surface area contributed by atoms with E-state index < -0.39 is 20.1 Å². The van der Waals surface area contributed by atoms with Crippen molar-refractivity contribution in [2.24, 2.45) is 4.40 Å². The molecule has 0 spiro atoms. The summed E-state index contributed by atoms with van der Waals surface area (Å²) in [6.45, 7) is 1.84. The van der Waals surface area contributed by atoms with Crippen LogP contribution in [0, 0.1) is 6.92 Å². The van der Waals surface area contributed by atoms with Gasteiger partial charge in [0.15, 0.2) is 0 Å². The Morgan fingerprint density at radius 3 is 1.92 bits per heavy atom. The van der Waals surface area contributed by atoms with Gasteiger partial charge in [-0.05, 0) is 43.3 Å². The van der Waals surface area contributed by atoms with Gasteiger partial charge in [0.25, 0.3) is 10.0 Å². The summed E-state index contributed by atoms with van der Waals surface area (Å²) in [7, 11) is -4.55. The van der Waals surface area contributed by atoms with Crippen LogP contribution in [0.15, 0.2) is 62.7 Å². The zero-order valence-corrected chi connectivity index (χ0v) is 15.6. The number of benzene rings is 2. The first-order valence-electron chi connectivity index (χ1n) is 7.18. The van der Waals surface area contributed by atoms with Crippen molar-refractivity contribution in [2.75, 3.05) is 14.1 Å². The van der Waals surface area contributed by atoms with Gasteiger partial charge in [0, 0.05) is 14.1 Å². The van der Waals surface area contributed by atoms with Crippen molar-refractivity contribution >= 4 is 26.5 Å². The Labute approximate surface area is 147 Å². The quantitative estimate of drug-likeness (QED) is 0.431. The van der Waals surface area contributed by atoms with Crippen molar-refractivity contribution in [1.82, 2.24) is 4.90 Å². The molecule has 134 valence electrons. The maximum absolute atomic E-state index is 12.2. The third kappa shape index (κ3) is 5.04. The average Bonchev–Trinajstić information content (AvgIpc) is 2.53. The maximum atomic E-state index is 12.2. The predicted molar refractivity (Wildman–Crippen MR) is 94.8 cm³/mol. The summed E-state index contributed by atoms with van der Waals surface area (Å²) in [5.74, 6) is 0.0103. The maximum Gasteiger partial charge on any atom is 0.339 e. The first kappa shape index (κ1) is 18.9. The van der Waals surface area contributed by atoms with Crippen LogP contribution in [-0.4, -0.2) is 42.2 Å². The fourth-order valence-corrected chi connectivity index (χ4v) is 3.61. The summed E-state index contributed by atoms with van der Waals surface area (Å²) in [6, 6.07) is 11.2. The normalized spacial score (nSPS) is 12.3. The van der Waals surface area contributed by atoms with E-state index in [0.29, 0.717) is 0 Å². The molecule has 0 bridgehead atoms. The summed E-state index contributed by atoms with van der Waals surface area (Å²) in [5, 5.41) is 0. The smallest absolute Gasteiger partial charge is 0.339 e. The lowest BCUT2D eigenvalue weighted by Crippen LogP contribution is -2.11. The van der Waals surface area contributed by atoms with Gasteiger partial charge in [0.2, 0.25) is 0 Å². The van der Waals surface area contributed by atoms with Crippen LogP contribution in [0.3, 0.4) is 0 Å². The van der Waals surface area contributed by atoms with Crippen molar-refractivity contribution in [1.29, 1.82) is 0 Å². The van der Waals surface area contributed by atoms with Crippen molar-refractivity contribution < 1.29 is 21.0 Å². The zero-order valence-electron chi connectivity index (χ0n) is 13.9. The zero-order chi connectivity index (χ0) is 18.7. The van der Waals surface area contributed by atoms with Gasteiger partial charge in [-0.15, -0.1) is 4.40 Å². The fraction of sp³-hybridized carbons (Fsp3) is 0.188. The monoisotopic (exact) mass is 382 g/mol. The molecule has 0 saturated heterocycles. The van der Waals surface area contributed by atoms with E-state index in [1.54, 1.807) is 26.2 Å². The van der Waals surface area contributed by atoms with E-state index in [1.165, 1.54) is 47.6 Å². The molecule has 0 aliphatic rings. The van der Waals surface area contributed by atoms with E-state index in [0.717, 1.165) is 5.56 Å². The number of hydrogen-bond acceptors (Lipinski definition) is 5. The fourth-order valence-electron chi connectivity index (χ4n) is 1.76. The molecule has 0 aliphatic heterocycles. The van der Waals surface area contributed by atoms with Crippen molar-refractivity contribution in [2.45, 2.75) is 16.7 Å². The molecule has 0 aromatic heterocycles. The lowest BCUT2D eigenvalue weighted by Gasteiger charge is -2.08.